The number of allylic oxidation sites excluding steroid dienone is 3. The fraction of sp³-hybridized carbons (Fsp3) is 0.421. The van der Waals surface area contributed by atoms with Crippen molar-refractivity contribution in [3.63, 3.8) is 0 Å². The lowest BCUT2D eigenvalue weighted by Gasteiger charge is -2.32. The maximum absolute atomic E-state index is 13.1. The second-order valence-corrected chi connectivity index (χ2v) is 9.30. The highest BCUT2D eigenvalue weighted by molar-refractivity contribution is 7.93. The Morgan fingerprint density at radius 3 is 2.38 bits per heavy atom. The van der Waals surface area contributed by atoms with E-state index in [2.05, 4.69) is 5.32 Å². The fourth-order valence-corrected chi connectivity index (χ4v) is 4.58. The summed E-state index contributed by atoms with van der Waals surface area (Å²) in [5, 5.41) is 14.2. The van der Waals surface area contributed by atoms with E-state index in [0.29, 0.717) is 17.0 Å². The molecule has 0 aliphatic carbocycles. The molecule has 0 fully saturated rings. The van der Waals surface area contributed by atoms with Gasteiger partial charge in [0.1, 0.15) is 0 Å². The predicted molar refractivity (Wildman–Crippen MR) is 108 cm³/mol. The topological polar surface area (TPSA) is 119 Å². The third kappa shape index (κ3) is 4.48. The summed E-state index contributed by atoms with van der Waals surface area (Å²) in [6.45, 7) is 6.61. The van der Waals surface area contributed by atoms with Gasteiger partial charge in [0.05, 0.1) is 27.4 Å². The van der Waals surface area contributed by atoms with Crippen molar-refractivity contribution in [1.29, 1.82) is 0 Å². The van der Waals surface area contributed by atoms with Gasteiger partial charge in [-0.2, -0.15) is 0 Å². The monoisotopic (exact) mass is 423 g/mol. The molecule has 0 saturated carbocycles. The zero-order valence-electron chi connectivity index (χ0n) is 17.2. The Kier molecular flexibility index (Phi) is 6.49. The van der Waals surface area contributed by atoms with Crippen LogP contribution in [0, 0.1) is 10.1 Å². The second-order valence-electron chi connectivity index (χ2n) is 7.18. The summed E-state index contributed by atoms with van der Waals surface area (Å²) in [6.07, 6.45) is -0.422. The van der Waals surface area contributed by atoms with Crippen LogP contribution in [0.1, 0.15) is 39.2 Å². The molecule has 1 aliphatic heterocycles. The number of hydrogen-bond donors (Lipinski definition) is 1. The Hall–Kier alpha value is -2.72. The number of nitro benzene ring substituents is 1. The molecule has 1 aliphatic rings. The largest absolute Gasteiger partial charge is 0.460 e. The van der Waals surface area contributed by atoms with E-state index in [9.17, 15) is 23.3 Å². The summed E-state index contributed by atoms with van der Waals surface area (Å²) < 4.78 is 32.6. The van der Waals surface area contributed by atoms with Gasteiger partial charge in [-0.25, -0.2) is 17.5 Å². The van der Waals surface area contributed by atoms with E-state index in [0.717, 1.165) is 4.31 Å². The molecule has 1 unspecified atom stereocenters. The van der Waals surface area contributed by atoms with Gasteiger partial charge >= 0.3 is 5.97 Å². The molecule has 1 aromatic rings. The number of carbonyl (C=O) groups excluding carboxylic acids is 1. The average molecular weight is 423 g/mol. The number of non-ortho nitro benzene ring substituents is 1. The lowest BCUT2D eigenvalue weighted by molar-refractivity contribution is -0.384. The van der Waals surface area contributed by atoms with E-state index in [1.807, 2.05) is 0 Å². The van der Waals surface area contributed by atoms with Gasteiger partial charge in [0.25, 0.3) is 5.69 Å². The fourth-order valence-electron chi connectivity index (χ4n) is 3.20. The van der Waals surface area contributed by atoms with E-state index in [1.54, 1.807) is 33.8 Å². The number of carbonyl (C=O) groups is 1. The zero-order chi connectivity index (χ0) is 22.1. The molecule has 0 amide bonds. The van der Waals surface area contributed by atoms with Crippen LogP contribution in [-0.2, 0) is 19.6 Å². The van der Waals surface area contributed by atoms with E-state index < -0.39 is 32.9 Å². The normalized spacial score (nSPS) is 17.6. The summed E-state index contributed by atoms with van der Waals surface area (Å²) in [5.41, 5.74) is 0.992. The molecule has 0 spiro atoms. The van der Waals surface area contributed by atoms with Gasteiger partial charge in [-0.05, 0) is 33.3 Å². The third-order valence-corrected chi connectivity index (χ3v) is 6.49. The van der Waals surface area contributed by atoms with Crippen LogP contribution in [0.4, 0.5) is 5.69 Å². The summed E-state index contributed by atoms with van der Waals surface area (Å²) in [6, 6.07) is 5.62. The Labute approximate surface area is 170 Å². The van der Waals surface area contributed by atoms with Crippen LogP contribution in [0.5, 0.6) is 0 Å². The third-order valence-electron chi connectivity index (χ3n) is 4.44. The van der Waals surface area contributed by atoms with Crippen molar-refractivity contribution < 1.29 is 22.9 Å². The summed E-state index contributed by atoms with van der Waals surface area (Å²) in [5.74, 6) is -1.73. The highest BCUT2D eigenvalue weighted by Gasteiger charge is 2.41. The van der Waals surface area contributed by atoms with Crippen LogP contribution in [0.15, 0.2) is 46.1 Å². The van der Waals surface area contributed by atoms with Crippen LogP contribution >= 0.6 is 0 Å². The maximum atomic E-state index is 13.1. The first-order chi connectivity index (χ1) is 13.4. The van der Waals surface area contributed by atoms with Crippen LogP contribution < -0.4 is 5.32 Å². The summed E-state index contributed by atoms with van der Waals surface area (Å²) >= 11 is 0. The first-order valence-electron chi connectivity index (χ1n) is 8.94. The highest BCUT2D eigenvalue weighted by Crippen LogP contribution is 2.42. The van der Waals surface area contributed by atoms with Crippen LogP contribution in [0.3, 0.4) is 0 Å². The van der Waals surface area contributed by atoms with Crippen molar-refractivity contribution in [1.82, 2.24) is 9.62 Å². The van der Waals surface area contributed by atoms with Crippen molar-refractivity contribution in [2.75, 3.05) is 14.1 Å². The van der Waals surface area contributed by atoms with Crippen molar-refractivity contribution in [3.05, 3.63) is 61.8 Å². The van der Waals surface area contributed by atoms with Gasteiger partial charge in [0.15, 0.2) is 0 Å². The molecule has 0 radical (unpaired) electrons. The van der Waals surface area contributed by atoms with Gasteiger partial charge in [0, 0.05) is 37.6 Å². The molecule has 1 N–H and O–H groups in total. The summed E-state index contributed by atoms with van der Waals surface area (Å²) in [4.78, 5) is 23.5. The van der Waals surface area contributed by atoms with Crippen molar-refractivity contribution in [2.24, 2.45) is 0 Å². The molecule has 158 valence electrons. The second kappa shape index (κ2) is 8.34. The number of nitrogens with one attached hydrogen (secondary N) is 1. The van der Waals surface area contributed by atoms with Gasteiger partial charge in [0.2, 0.25) is 10.0 Å². The molecular formula is C19H25N3O6S. The molecule has 10 heteroatoms. The van der Waals surface area contributed by atoms with Crippen molar-refractivity contribution in [2.45, 2.75) is 39.7 Å². The standard InChI is InChI=1S/C19H25N3O6S/c1-11(2)28-19(23)16-12(3)20-13(4)18(29(26,27)21(5)6)17(16)14-8-7-9-15(10-14)22(24)25/h7-11,17,20H,1-6H3. The minimum Gasteiger partial charge on any atom is -0.460 e. The number of dihydropyridines is 1. The van der Waals surface area contributed by atoms with Crippen LogP contribution in [0.25, 0.3) is 0 Å². The van der Waals surface area contributed by atoms with Gasteiger partial charge < -0.3 is 10.1 Å². The first kappa shape index (κ1) is 22.6. The minimum absolute atomic E-state index is 0.0516. The Balaban J connectivity index is 2.81. The van der Waals surface area contributed by atoms with Crippen LogP contribution in [-0.4, -0.2) is 43.8 Å². The molecule has 1 heterocycles. The number of nitro groups is 1. The van der Waals surface area contributed by atoms with Gasteiger partial charge in [-0.15, -0.1) is 0 Å². The average Bonchev–Trinajstić information content (AvgIpc) is 2.59. The SMILES string of the molecule is CC1=C(C(=O)OC(C)C)C(c2cccc([N+](=O)[O-])c2)C(S(=O)(=O)N(C)C)=C(C)N1. The highest BCUT2D eigenvalue weighted by atomic mass is 32.2. The van der Waals surface area contributed by atoms with Gasteiger partial charge in [-0.3, -0.25) is 10.1 Å². The minimum atomic E-state index is -3.96. The lowest BCUT2D eigenvalue weighted by atomic mass is 9.86. The van der Waals surface area contributed by atoms with E-state index >= 15 is 0 Å². The van der Waals surface area contributed by atoms with Crippen LogP contribution in [0.2, 0.25) is 0 Å². The van der Waals surface area contributed by atoms with E-state index in [-0.39, 0.29) is 16.2 Å². The number of ether oxygens (including phenoxy) is 1. The zero-order valence-corrected chi connectivity index (χ0v) is 18.0. The Morgan fingerprint density at radius 1 is 1.24 bits per heavy atom. The first-order valence-corrected chi connectivity index (χ1v) is 10.4. The maximum Gasteiger partial charge on any atom is 0.337 e. The number of benzene rings is 1. The van der Waals surface area contributed by atoms with E-state index in [4.69, 9.17) is 4.74 Å². The smallest absolute Gasteiger partial charge is 0.337 e. The Morgan fingerprint density at radius 2 is 1.86 bits per heavy atom. The molecule has 29 heavy (non-hydrogen) atoms. The molecule has 0 saturated heterocycles. The summed E-state index contributed by atoms with van der Waals surface area (Å²) in [7, 11) is -1.19. The molecule has 0 bridgehead atoms. The predicted octanol–water partition coefficient (Wildman–Crippen LogP) is 2.63. The molecule has 1 atom stereocenters. The van der Waals surface area contributed by atoms with Crippen molar-refractivity contribution >= 4 is 21.7 Å². The van der Waals surface area contributed by atoms with Crippen molar-refractivity contribution in [3.8, 4) is 0 Å². The van der Waals surface area contributed by atoms with E-state index in [1.165, 1.54) is 32.3 Å². The lowest BCUT2D eigenvalue weighted by Crippen LogP contribution is -2.36. The number of sulfonamides is 1. The quantitative estimate of drug-likeness (QED) is 0.424. The Bertz CT molecular complexity index is 1010. The molecule has 2 rings (SSSR count). The number of rotatable bonds is 6. The number of esters is 1. The number of hydrogen-bond acceptors (Lipinski definition) is 7. The number of nitrogens with zero attached hydrogens (tertiary/aromatic N) is 2. The molecular weight excluding hydrogens is 398 g/mol. The molecule has 1 aromatic carbocycles. The molecule has 0 aromatic heterocycles. The molecule has 9 nitrogen and oxygen atoms in total. The van der Waals surface area contributed by atoms with Gasteiger partial charge in [-0.1, -0.05) is 12.1 Å².